The van der Waals surface area contributed by atoms with E-state index in [0.717, 1.165) is 41.8 Å². The first-order valence-electron chi connectivity index (χ1n) is 10.6. The van der Waals surface area contributed by atoms with Crippen LogP contribution in [0.4, 0.5) is 9.59 Å². The summed E-state index contributed by atoms with van der Waals surface area (Å²) < 4.78 is 12.3. The molecule has 1 saturated carbocycles. The zero-order valence-corrected chi connectivity index (χ0v) is 17.8. The van der Waals surface area contributed by atoms with E-state index < -0.39 is 17.8 Å². The van der Waals surface area contributed by atoms with Crippen molar-refractivity contribution >= 4 is 12.2 Å². The lowest BCUT2D eigenvalue weighted by Gasteiger charge is -2.25. The second-order valence-corrected chi connectivity index (χ2v) is 9.12. The number of carbonyl (C=O) groups is 2. The Balaban J connectivity index is 1.43. The highest BCUT2D eigenvalue weighted by Gasteiger charge is 2.36. The fraction of sp³-hybridized carbons (Fsp3) is 0.522. The van der Waals surface area contributed by atoms with Crippen LogP contribution < -0.4 is 5.32 Å². The first kappa shape index (κ1) is 20.4. The topological polar surface area (TPSA) is 82.5 Å². The minimum absolute atomic E-state index is 0.0328. The summed E-state index contributed by atoms with van der Waals surface area (Å²) in [6.45, 7) is 5.80. The molecule has 4 rings (SSSR count). The molecule has 7 heteroatoms. The summed E-state index contributed by atoms with van der Waals surface area (Å²) in [5.74, 6) is 0.409. The molecule has 2 aliphatic rings. The standard InChI is InChI=1S/C23H29N3O4/c1-23(2,3)30-22(28)26-19-12-11-17(13-18(19)20(25-26)16-9-10-16)24-21(27)29-14-15-7-5-4-6-8-15/h4-8,16-17H,9-14H2,1-3H3,(H,24,27)/t17-/m1/s1. The zero-order valence-electron chi connectivity index (χ0n) is 17.8. The summed E-state index contributed by atoms with van der Waals surface area (Å²) in [6, 6.07) is 9.58. The van der Waals surface area contributed by atoms with Crippen molar-refractivity contribution in [3.05, 3.63) is 52.8 Å². The van der Waals surface area contributed by atoms with Crippen molar-refractivity contribution in [3.63, 3.8) is 0 Å². The Hall–Kier alpha value is -2.83. The van der Waals surface area contributed by atoms with E-state index >= 15 is 0 Å². The predicted octanol–water partition coefficient (Wildman–Crippen LogP) is 4.33. The highest BCUT2D eigenvalue weighted by Crippen LogP contribution is 2.43. The average molecular weight is 412 g/mol. The summed E-state index contributed by atoms with van der Waals surface area (Å²) >= 11 is 0. The molecule has 0 saturated heterocycles. The molecule has 7 nitrogen and oxygen atoms in total. The van der Waals surface area contributed by atoms with Crippen LogP contribution in [0, 0.1) is 0 Å². The van der Waals surface area contributed by atoms with Gasteiger partial charge in [-0.05, 0) is 64.0 Å². The highest BCUT2D eigenvalue weighted by molar-refractivity contribution is 5.72. The molecule has 30 heavy (non-hydrogen) atoms. The SMILES string of the molecule is CC(C)(C)OC(=O)n1nc(C2CC2)c2c1CC[C@@H](NC(=O)OCc1ccccc1)C2. The zero-order chi connectivity index (χ0) is 21.3. The second kappa shape index (κ2) is 8.13. The van der Waals surface area contributed by atoms with Crippen LogP contribution in [0.5, 0.6) is 0 Å². The summed E-state index contributed by atoms with van der Waals surface area (Å²) in [5.41, 5.74) is 3.37. The lowest BCUT2D eigenvalue weighted by molar-refractivity contribution is 0.0507. The fourth-order valence-electron chi connectivity index (χ4n) is 3.84. The van der Waals surface area contributed by atoms with Gasteiger partial charge in [0.25, 0.3) is 0 Å². The van der Waals surface area contributed by atoms with E-state index in [4.69, 9.17) is 9.47 Å². The van der Waals surface area contributed by atoms with Crippen molar-refractivity contribution in [2.24, 2.45) is 0 Å². The molecule has 1 amide bonds. The van der Waals surface area contributed by atoms with Gasteiger partial charge in [-0.1, -0.05) is 30.3 Å². The smallest absolute Gasteiger partial charge is 0.435 e. The van der Waals surface area contributed by atoms with E-state index in [1.807, 2.05) is 51.1 Å². The Kier molecular flexibility index (Phi) is 5.54. The van der Waals surface area contributed by atoms with E-state index in [9.17, 15) is 9.59 Å². The maximum atomic E-state index is 12.7. The minimum Gasteiger partial charge on any atom is -0.445 e. The first-order valence-corrected chi connectivity index (χ1v) is 10.6. The van der Waals surface area contributed by atoms with Crippen LogP contribution in [0.2, 0.25) is 0 Å². The molecular weight excluding hydrogens is 382 g/mol. The van der Waals surface area contributed by atoms with E-state index in [0.29, 0.717) is 18.8 Å². The van der Waals surface area contributed by atoms with Crippen molar-refractivity contribution in [1.29, 1.82) is 0 Å². The molecule has 1 aromatic carbocycles. The van der Waals surface area contributed by atoms with Crippen molar-refractivity contribution in [2.75, 3.05) is 0 Å². The van der Waals surface area contributed by atoms with Crippen LogP contribution >= 0.6 is 0 Å². The van der Waals surface area contributed by atoms with Gasteiger partial charge in [-0.15, -0.1) is 0 Å². The van der Waals surface area contributed by atoms with Crippen molar-refractivity contribution in [1.82, 2.24) is 15.1 Å². The van der Waals surface area contributed by atoms with Gasteiger partial charge in [-0.2, -0.15) is 9.78 Å². The van der Waals surface area contributed by atoms with Gasteiger partial charge < -0.3 is 14.8 Å². The Morgan fingerprint density at radius 1 is 1.17 bits per heavy atom. The van der Waals surface area contributed by atoms with Gasteiger partial charge in [0.1, 0.15) is 12.2 Å². The number of hydrogen-bond acceptors (Lipinski definition) is 5. The van der Waals surface area contributed by atoms with E-state index in [1.54, 1.807) is 0 Å². The molecule has 1 N–H and O–H groups in total. The van der Waals surface area contributed by atoms with Gasteiger partial charge in [-0.25, -0.2) is 9.59 Å². The van der Waals surface area contributed by atoms with E-state index in [1.165, 1.54) is 4.68 Å². The third-order valence-corrected chi connectivity index (χ3v) is 5.37. The van der Waals surface area contributed by atoms with Gasteiger partial charge in [0.05, 0.1) is 11.4 Å². The average Bonchev–Trinajstić information content (AvgIpc) is 3.46. The number of amides is 1. The fourth-order valence-corrected chi connectivity index (χ4v) is 3.84. The maximum absolute atomic E-state index is 12.7. The van der Waals surface area contributed by atoms with Crippen LogP contribution in [0.1, 0.15) is 68.5 Å². The number of hydrogen-bond donors (Lipinski definition) is 1. The Labute approximate surface area is 176 Å². The summed E-state index contributed by atoms with van der Waals surface area (Å²) in [5, 5.41) is 7.60. The number of benzene rings is 1. The summed E-state index contributed by atoms with van der Waals surface area (Å²) in [6.07, 6.45) is 3.39. The lowest BCUT2D eigenvalue weighted by atomic mass is 9.90. The third-order valence-electron chi connectivity index (χ3n) is 5.37. The molecule has 0 aliphatic heterocycles. The van der Waals surface area contributed by atoms with Gasteiger partial charge in [0.15, 0.2) is 0 Å². The molecule has 1 aromatic heterocycles. The molecule has 0 spiro atoms. The van der Waals surface area contributed by atoms with Crippen LogP contribution in [-0.4, -0.2) is 33.6 Å². The normalized spacial score (nSPS) is 18.4. The second-order valence-electron chi connectivity index (χ2n) is 9.12. The van der Waals surface area contributed by atoms with Crippen molar-refractivity contribution < 1.29 is 19.1 Å². The Morgan fingerprint density at radius 3 is 2.57 bits per heavy atom. The predicted molar refractivity (Wildman–Crippen MR) is 111 cm³/mol. The maximum Gasteiger partial charge on any atom is 0.435 e. The monoisotopic (exact) mass is 411 g/mol. The lowest BCUT2D eigenvalue weighted by Crippen LogP contribution is -2.39. The number of ether oxygens (including phenoxy) is 2. The molecule has 1 fully saturated rings. The highest BCUT2D eigenvalue weighted by atomic mass is 16.6. The van der Waals surface area contributed by atoms with Gasteiger partial charge >= 0.3 is 12.2 Å². The number of rotatable bonds is 4. The van der Waals surface area contributed by atoms with Crippen molar-refractivity contribution in [3.8, 4) is 0 Å². The molecule has 0 unspecified atom stereocenters. The van der Waals surface area contributed by atoms with Crippen LogP contribution in [-0.2, 0) is 28.9 Å². The molecular formula is C23H29N3O4. The van der Waals surface area contributed by atoms with Crippen LogP contribution in [0.15, 0.2) is 30.3 Å². The number of fused-ring (bicyclic) bond motifs is 1. The summed E-state index contributed by atoms with van der Waals surface area (Å²) in [4.78, 5) is 24.9. The number of nitrogens with one attached hydrogen (secondary N) is 1. The minimum atomic E-state index is -0.572. The first-order chi connectivity index (χ1) is 14.3. The van der Waals surface area contributed by atoms with Crippen molar-refractivity contribution in [2.45, 2.75) is 77.0 Å². The molecule has 160 valence electrons. The molecule has 2 aromatic rings. The van der Waals surface area contributed by atoms with E-state index in [-0.39, 0.29) is 12.6 Å². The number of carbonyl (C=O) groups excluding carboxylic acids is 2. The molecule has 0 radical (unpaired) electrons. The Bertz CT molecular complexity index is 926. The number of nitrogens with zero attached hydrogens (tertiary/aromatic N) is 2. The summed E-state index contributed by atoms with van der Waals surface area (Å²) in [7, 11) is 0. The van der Waals surface area contributed by atoms with E-state index in [2.05, 4.69) is 10.4 Å². The van der Waals surface area contributed by atoms with Gasteiger partial charge in [-0.3, -0.25) is 0 Å². The van der Waals surface area contributed by atoms with Gasteiger partial charge in [0, 0.05) is 12.0 Å². The quantitative estimate of drug-likeness (QED) is 0.810. The van der Waals surface area contributed by atoms with Gasteiger partial charge in [0.2, 0.25) is 0 Å². The van der Waals surface area contributed by atoms with Crippen LogP contribution in [0.3, 0.4) is 0 Å². The number of aromatic nitrogens is 2. The number of alkyl carbamates (subject to hydrolysis) is 1. The molecule has 1 heterocycles. The molecule has 2 aliphatic carbocycles. The third kappa shape index (κ3) is 4.83. The van der Waals surface area contributed by atoms with Crippen LogP contribution in [0.25, 0.3) is 0 Å². The molecule has 0 bridgehead atoms. The largest absolute Gasteiger partial charge is 0.445 e. The molecule has 1 atom stereocenters. The Morgan fingerprint density at radius 2 is 1.90 bits per heavy atom.